The van der Waals surface area contributed by atoms with Crippen LogP contribution >= 0.6 is 23.4 Å². The van der Waals surface area contributed by atoms with Gasteiger partial charge in [-0.1, -0.05) is 29.8 Å². The van der Waals surface area contributed by atoms with Gasteiger partial charge in [-0.25, -0.2) is 0 Å². The molecule has 84 valence electrons. The van der Waals surface area contributed by atoms with Crippen molar-refractivity contribution in [2.75, 3.05) is 19.3 Å². The lowest BCUT2D eigenvalue weighted by Gasteiger charge is -2.03. The standard InChI is InChI=1S/C12H18ClNS/c1-14-8-4-5-9-15-10-11-6-2-3-7-12(11)13/h2-3,6-7,14H,4-5,8-10H2,1H3. The zero-order chi connectivity index (χ0) is 10.9. The van der Waals surface area contributed by atoms with Gasteiger partial charge in [-0.05, 0) is 43.8 Å². The first-order chi connectivity index (χ1) is 7.34. The van der Waals surface area contributed by atoms with Crippen LogP contribution in [0.2, 0.25) is 5.02 Å². The van der Waals surface area contributed by atoms with Gasteiger partial charge in [0.25, 0.3) is 0 Å². The Kier molecular flexibility index (Phi) is 6.90. The molecule has 1 aromatic rings. The van der Waals surface area contributed by atoms with E-state index in [1.165, 1.54) is 24.2 Å². The van der Waals surface area contributed by atoms with E-state index in [1.54, 1.807) is 0 Å². The number of hydrogen-bond donors (Lipinski definition) is 1. The van der Waals surface area contributed by atoms with Crippen LogP contribution in [0.4, 0.5) is 0 Å². The van der Waals surface area contributed by atoms with Crippen molar-refractivity contribution in [3.05, 3.63) is 34.9 Å². The SMILES string of the molecule is CNCCCCSCc1ccccc1Cl. The molecule has 0 aliphatic heterocycles. The summed E-state index contributed by atoms with van der Waals surface area (Å²) >= 11 is 8.02. The van der Waals surface area contributed by atoms with Gasteiger partial charge in [-0.2, -0.15) is 11.8 Å². The highest BCUT2D eigenvalue weighted by Crippen LogP contribution is 2.21. The number of rotatable bonds is 7. The molecule has 1 N–H and O–H groups in total. The van der Waals surface area contributed by atoms with Crippen molar-refractivity contribution in [3.63, 3.8) is 0 Å². The maximum Gasteiger partial charge on any atom is 0.0446 e. The average molecular weight is 244 g/mol. The van der Waals surface area contributed by atoms with Gasteiger partial charge < -0.3 is 5.32 Å². The molecule has 0 atom stereocenters. The van der Waals surface area contributed by atoms with E-state index in [2.05, 4.69) is 11.4 Å². The van der Waals surface area contributed by atoms with Crippen LogP contribution in [0.1, 0.15) is 18.4 Å². The summed E-state index contributed by atoms with van der Waals surface area (Å²) in [7, 11) is 2.00. The van der Waals surface area contributed by atoms with Crippen molar-refractivity contribution in [2.24, 2.45) is 0 Å². The third-order valence-electron chi connectivity index (χ3n) is 2.18. The van der Waals surface area contributed by atoms with Gasteiger partial charge in [0.15, 0.2) is 0 Å². The fourth-order valence-electron chi connectivity index (χ4n) is 1.30. The topological polar surface area (TPSA) is 12.0 Å². The molecule has 0 bridgehead atoms. The highest BCUT2D eigenvalue weighted by Gasteiger charge is 1.98. The van der Waals surface area contributed by atoms with Crippen LogP contribution in [0.3, 0.4) is 0 Å². The normalized spacial score (nSPS) is 10.5. The Morgan fingerprint density at radius 3 is 2.80 bits per heavy atom. The molecular weight excluding hydrogens is 226 g/mol. The molecule has 0 spiro atoms. The van der Waals surface area contributed by atoms with Gasteiger partial charge in [0, 0.05) is 10.8 Å². The third-order valence-corrected chi connectivity index (χ3v) is 3.64. The molecule has 0 heterocycles. The first-order valence-corrected chi connectivity index (χ1v) is 6.83. The van der Waals surface area contributed by atoms with Crippen LogP contribution in [-0.4, -0.2) is 19.3 Å². The quantitative estimate of drug-likeness (QED) is 0.735. The van der Waals surface area contributed by atoms with E-state index >= 15 is 0 Å². The van der Waals surface area contributed by atoms with E-state index < -0.39 is 0 Å². The first-order valence-electron chi connectivity index (χ1n) is 5.30. The van der Waals surface area contributed by atoms with Gasteiger partial charge in [-0.15, -0.1) is 0 Å². The lowest BCUT2D eigenvalue weighted by Crippen LogP contribution is -2.07. The van der Waals surface area contributed by atoms with Gasteiger partial charge >= 0.3 is 0 Å². The van der Waals surface area contributed by atoms with E-state index in [-0.39, 0.29) is 0 Å². The van der Waals surface area contributed by atoms with E-state index in [0.29, 0.717) is 0 Å². The molecule has 1 aromatic carbocycles. The predicted octanol–water partition coefficient (Wildman–Crippen LogP) is 3.57. The molecule has 0 fully saturated rings. The summed E-state index contributed by atoms with van der Waals surface area (Å²) in [6.45, 7) is 1.12. The smallest absolute Gasteiger partial charge is 0.0446 e. The van der Waals surface area contributed by atoms with Crippen LogP contribution in [0.25, 0.3) is 0 Å². The Bertz CT molecular complexity index is 278. The summed E-state index contributed by atoms with van der Waals surface area (Å²) in [5.41, 5.74) is 1.25. The van der Waals surface area contributed by atoms with Crippen LogP contribution in [-0.2, 0) is 5.75 Å². The Labute approximate surface area is 102 Å². The second-order valence-corrected chi connectivity index (χ2v) is 4.97. The van der Waals surface area contributed by atoms with Crippen LogP contribution < -0.4 is 5.32 Å². The Hall–Kier alpha value is -0.180. The number of benzene rings is 1. The summed E-state index contributed by atoms with van der Waals surface area (Å²) in [5.74, 6) is 2.24. The summed E-state index contributed by atoms with van der Waals surface area (Å²) in [4.78, 5) is 0. The van der Waals surface area contributed by atoms with Crippen molar-refractivity contribution in [1.82, 2.24) is 5.32 Å². The van der Waals surface area contributed by atoms with E-state index in [1.807, 2.05) is 37.0 Å². The molecule has 0 amide bonds. The van der Waals surface area contributed by atoms with Crippen molar-refractivity contribution in [3.8, 4) is 0 Å². The van der Waals surface area contributed by atoms with Crippen molar-refractivity contribution >= 4 is 23.4 Å². The van der Waals surface area contributed by atoms with Gasteiger partial charge in [0.2, 0.25) is 0 Å². The fraction of sp³-hybridized carbons (Fsp3) is 0.500. The molecule has 0 saturated carbocycles. The fourth-order valence-corrected chi connectivity index (χ4v) is 2.61. The second-order valence-electron chi connectivity index (χ2n) is 3.45. The highest BCUT2D eigenvalue weighted by atomic mass is 35.5. The number of thioether (sulfide) groups is 1. The Morgan fingerprint density at radius 2 is 2.07 bits per heavy atom. The lowest BCUT2D eigenvalue weighted by molar-refractivity contribution is 0.715. The second kappa shape index (κ2) is 8.03. The number of halogens is 1. The van der Waals surface area contributed by atoms with Crippen LogP contribution in [0, 0.1) is 0 Å². The summed E-state index contributed by atoms with van der Waals surface area (Å²) < 4.78 is 0. The molecule has 3 heteroatoms. The van der Waals surface area contributed by atoms with Crippen molar-refractivity contribution in [1.29, 1.82) is 0 Å². The maximum absolute atomic E-state index is 6.06. The number of nitrogens with one attached hydrogen (secondary N) is 1. The van der Waals surface area contributed by atoms with Gasteiger partial charge in [-0.3, -0.25) is 0 Å². The lowest BCUT2D eigenvalue weighted by atomic mass is 10.2. The minimum absolute atomic E-state index is 0.889. The zero-order valence-electron chi connectivity index (χ0n) is 9.13. The number of hydrogen-bond acceptors (Lipinski definition) is 2. The van der Waals surface area contributed by atoms with Crippen LogP contribution in [0.15, 0.2) is 24.3 Å². The highest BCUT2D eigenvalue weighted by molar-refractivity contribution is 7.98. The minimum atomic E-state index is 0.889. The third kappa shape index (κ3) is 5.45. The molecule has 0 aliphatic rings. The molecular formula is C12H18ClNS. The molecule has 0 radical (unpaired) electrons. The summed E-state index contributed by atoms with van der Waals surface area (Å²) in [6, 6.07) is 8.08. The van der Waals surface area contributed by atoms with Gasteiger partial charge in [0.1, 0.15) is 0 Å². The molecule has 0 aliphatic carbocycles. The van der Waals surface area contributed by atoms with E-state index in [9.17, 15) is 0 Å². The first kappa shape index (κ1) is 12.9. The van der Waals surface area contributed by atoms with Crippen molar-refractivity contribution in [2.45, 2.75) is 18.6 Å². The molecule has 1 rings (SSSR count). The molecule has 15 heavy (non-hydrogen) atoms. The minimum Gasteiger partial charge on any atom is -0.320 e. The Morgan fingerprint density at radius 1 is 1.27 bits per heavy atom. The predicted molar refractivity (Wildman–Crippen MR) is 70.8 cm³/mol. The summed E-state index contributed by atoms with van der Waals surface area (Å²) in [5, 5.41) is 4.04. The number of unbranched alkanes of at least 4 members (excludes halogenated alkanes) is 1. The van der Waals surface area contributed by atoms with Gasteiger partial charge in [0.05, 0.1) is 0 Å². The summed E-state index contributed by atoms with van der Waals surface area (Å²) in [6.07, 6.45) is 2.53. The largest absolute Gasteiger partial charge is 0.320 e. The maximum atomic E-state index is 6.06. The molecule has 0 aromatic heterocycles. The average Bonchev–Trinajstić information content (AvgIpc) is 2.25. The monoisotopic (exact) mass is 243 g/mol. The molecule has 0 unspecified atom stereocenters. The van der Waals surface area contributed by atoms with E-state index in [4.69, 9.17) is 11.6 Å². The Balaban J connectivity index is 2.12. The zero-order valence-corrected chi connectivity index (χ0v) is 10.7. The van der Waals surface area contributed by atoms with Crippen LogP contribution in [0.5, 0.6) is 0 Å². The molecule has 0 saturated heterocycles. The van der Waals surface area contributed by atoms with E-state index in [0.717, 1.165) is 17.3 Å². The molecule has 1 nitrogen and oxygen atoms in total. The van der Waals surface area contributed by atoms with Crippen molar-refractivity contribution < 1.29 is 0 Å².